The molecule has 1 fully saturated rings. The van der Waals surface area contributed by atoms with Gasteiger partial charge in [-0.2, -0.15) is 0 Å². The maximum absolute atomic E-state index is 12.3. The van der Waals surface area contributed by atoms with E-state index in [0.29, 0.717) is 17.5 Å². The first-order chi connectivity index (χ1) is 11.7. The van der Waals surface area contributed by atoms with Crippen molar-refractivity contribution in [1.82, 2.24) is 25.4 Å². The molecule has 1 saturated carbocycles. The molecule has 1 heterocycles. The molecule has 0 aliphatic heterocycles. The van der Waals surface area contributed by atoms with Crippen LogP contribution in [-0.4, -0.2) is 40.3 Å². The zero-order chi connectivity index (χ0) is 16.9. The Hall–Kier alpha value is -1.92. The number of aromatic nitrogens is 3. The molecule has 1 aliphatic carbocycles. The summed E-state index contributed by atoms with van der Waals surface area (Å²) in [6, 6.07) is 7.48. The van der Waals surface area contributed by atoms with Crippen molar-refractivity contribution >= 4 is 17.5 Å². The van der Waals surface area contributed by atoms with Crippen molar-refractivity contribution in [3.63, 3.8) is 0 Å². The van der Waals surface area contributed by atoms with Crippen LogP contribution in [0.1, 0.15) is 48.5 Å². The monoisotopic (exact) mass is 347 g/mol. The Kier molecular flexibility index (Phi) is 5.48. The summed E-state index contributed by atoms with van der Waals surface area (Å²) in [7, 11) is 0. The smallest absolute Gasteiger partial charge is 0.291 e. The predicted octanol–water partition coefficient (Wildman–Crippen LogP) is 2.53. The van der Waals surface area contributed by atoms with Crippen molar-refractivity contribution < 1.29 is 4.79 Å². The minimum Gasteiger partial charge on any atom is -0.348 e. The van der Waals surface area contributed by atoms with Crippen molar-refractivity contribution in [3.05, 3.63) is 40.9 Å². The number of hydrogen-bond donors (Lipinski definition) is 2. The van der Waals surface area contributed by atoms with Gasteiger partial charge in [-0.25, -0.2) is 9.67 Å². The second kappa shape index (κ2) is 7.77. The van der Waals surface area contributed by atoms with Gasteiger partial charge in [0.2, 0.25) is 5.82 Å². The summed E-state index contributed by atoms with van der Waals surface area (Å²) >= 11 is 6.28. The van der Waals surface area contributed by atoms with Crippen LogP contribution in [0, 0.1) is 0 Å². The van der Waals surface area contributed by atoms with Crippen LogP contribution in [0.25, 0.3) is 5.69 Å². The molecular formula is C17H22ClN5O. The average molecular weight is 348 g/mol. The van der Waals surface area contributed by atoms with E-state index in [2.05, 4.69) is 27.6 Å². The lowest BCUT2D eigenvalue weighted by Gasteiger charge is -2.06. The van der Waals surface area contributed by atoms with Crippen LogP contribution in [0.3, 0.4) is 0 Å². The van der Waals surface area contributed by atoms with Gasteiger partial charge in [0.1, 0.15) is 5.82 Å². The van der Waals surface area contributed by atoms with Crippen LogP contribution in [0.15, 0.2) is 24.3 Å². The third kappa shape index (κ3) is 3.94. The number of carbonyl (C=O) groups excluding carboxylic acids is 1. The van der Waals surface area contributed by atoms with E-state index in [-0.39, 0.29) is 11.7 Å². The molecule has 6 nitrogen and oxygen atoms in total. The highest BCUT2D eigenvalue weighted by atomic mass is 35.5. The first kappa shape index (κ1) is 16.9. The van der Waals surface area contributed by atoms with Gasteiger partial charge in [0.05, 0.1) is 10.7 Å². The van der Waals surface area contributed by atoms with Crippen LogP contribution in [0.2, 0.25) is 5.02 Å². The van der Waals surface area contributed by atoms with Crippen LogP contribution >= 0.6 is 11.6 Å². The van der Waals surface area contributed by atoms with Crippen molar-refractivity contribution in [2.24, 2.45) is 0 Å². The summed E-state index contributed by atoms with van der Waals surface area (Å²) in [6.07, 6.45) is 3.22. The molecule has 0 spiro atoms. The molecule has 0 unspecified atom stereocenters. The Balaban J connectivity index is 1.74. The Morgan fingerprint density at radius 1 is 1.29 bits per heavy atom. The summed E-state index contributed by atoms with van der Waals surface area (Å²) in [5.74, 6) is 1.13. The number of hydrogen-bond acceptors (Lipinski definition) is 4. The van der Waals surface area contributed by atoms with Crippen molar-refractivity contribution in [1.29, 1.82) is 0 Å². The van der Waals surface area contributed by atoms with Gasteiger partial charge in [-0.15, -0.1) is 5.10 Å². The molecular weight excluding hydrogens is 326 g/mol. The number of para-hydroxylation sites is 1. The van der Waals surface area contributed by atoms with E-state index < -0.39 is 0 Å². The molecule has 0 bridgehead atoms. The van der Waals surface area contributed by atoms with Gasteiger partial charge in [0, 0.05) is 19.0 Å². The number of rotatable bonds is 8. The predicted molar refractivity (Wildman–Crippen MR) is 93.8 cm³/mol. The van der Waals surface area contributed by atoms with E-state index in [0.717, 1.165) is 43.9 Å². The summed E-state index contributed by atoms with van der Waals surface area (Å²) in [4.78, 5) is 16.8. The minimum atomic E-state index is -0.249. The molecule has 0 radical (unpaired) electrons. The second-order valence-corrected chi connectivity index (χ2v) is 6.34. The Labute approximate surface area is 146 Å². The Morgan fingerprint density at radius 2 is 2.08 bits per heavy atom. The van der Waals surface area contributed by atoms with Gasteiger partial charge in [0.15, 0.2) is 0 Å². The van der Waals surface area contributed by atoms with Crippen molar-refractivity contribution in [2.45, 2.75) is 32.1 Å². The zero-order valence-corrected chi connectivity index (χ0v) is 14.5. The summed E-state index contributed by atoms with van der Waals surface area (Å²) in [5, 5.41) is 11.1. The molecule has 3 rings (SSSR count). The second-order valence-electron chi connectivity index (χ2n) is 5.94. The third-order valence-corrected chi connectivity index (χ3v) is 4.19. The zero-order valence-electron chi connectivity index (χ0n) is 13.8. The third-order valence-electron chi connectivity index (χ3n) is 3.87. The van der Waals surface area contributed by atoms with E-state index >= 15 is 0 Å². The van der Waals surface area contributed by atoms with Gasteiger partial charge in [-0.3, -0.25) is 4.79 Å². The van der Waals surface area contributed by atoms with E-state index in [4.69, 9.17) is 11.6 Å². The highest BCUT2D eigenvalue weighted by Crippen LogP contribution is 2.40. The lowest BCUT2D eigenvalue weighted by molar-refractivity contribution is 0.0943. The summed E-state index contributed by atoms with van der Waals surface area (Å²) in [5.41, 5.74) is 0.761. The lowest BCUT2D eigenvalue weighted by atomic mass is 10.3. The molecule has 1 aromatic heterocycles. The summed E-state index contributed by atoms with van der Waals surface area (Å²) < 4.78 is 1.71. The molecule has 1 aromatic carbocycles. The van der Waals surface area contributed by atoms with Crippen molar-refractivity contribution in [2.75, 3.05) is 19.6 Å². The van der Waals surface area contributed by atoms with E-state index in [1.165, 1.54) is 0 Å². The van der Waals surface area contributed by atoms with Crippen LogP contribution in [0.4, 0.5) is 0 Å². The fourth-order valence-corrected chi connectivity index (χ4v) is 2.69. The van der Waals surface area contributed by atoms with Crippen LogP contribution in [-0.2, 0) is 0 Å². The van der Waals surface area contributed by atoms with E-state index in [1.54, 1.807) is 4.68 Å². The standard InChI is InChI=1S/C17H22ClN5O/c1-2-9-19-10-11-20-17(24)15-21-16(12-7-8-12)23(22-15)14-6-4-3-5-13(14)18/h3-6,12,19H,2,7-11H2,1H3,(H,20,24). The first-order valence-electron chi connectivity index (χ1n) is 8.41. The fraction of sp³-hybridized carbons (Fsp3) is 0.471. The molecule has 128 valence electrons. The molecule has 2 N–H and O–H groups in total. The largest absolute Gasteiger partial charge is 0.348 e. The number of nitrogens with one attached hydrogen (secondary N) is 2. The molecule has 2 aromatic rings. The van der Waals surface area contributed by atoms with E-state index in [1.807, 2.05) is 24.3 Å². The lowest BCUT2D eigenvalue weighted by Crippen LogP contribution is -2.32. The molecule has 7 heteroatoms. The maximum Gasteiger partial charge on any atom is 0.291 e. The van der Waals surface area contributed by atoms with Crippen LogP contribution in [0.5, 0.6) is 0 Å². The fourth-order valence-electron chi connectivity index (χ4n) is 2.47. The Morgan fingerprint density at radius 3 is 2.79 bits per heavy atom. The molecule has 1 amide bonds. The average Bonchev–Trinajstić information content (AvgIpc) is 3.34. The first-order valence-corrected chi connectivity index (χ1v) is 8.79. The van der Waals surface area contributed by atoms with Crippen LogP contribution < -0.4 is 10.6 Å². The molecule has 0 atom stereocenters. The summed E-state index contributed by atoms with van der Waals surface area (Å²) in [6.45, 7) is 4.34. The number of halogens is 1. The Bertz CT molecular complexity index is 711. The van der Waals surface area contributed by atoms with Crippen molar-refractivity contribution in [3.8, 4) is 5.69 Å². The number of benzene rings is 1. The SMILES string of the molecule is CCCNCCNC(=O)c1nc(C2CC2)n(-c2ccccc2Cl)n1. The van der Waals surface area contributed by atoms with Gasteiger partial charge in [0.25, 0.3) is 5.91 Å². The van der Waals surface area contributed by atoms with E-state index in [9.17, 15) is 4.79 Å². The number of carbonyl (C=O) groups is 1. The topological polar surface area (TPSA) is 71.8 Å². The minimum absolute atomic E-state index is 0.201. The molecule has 24 heavy (non-hydrogen) atoms. The quantitative estimate of drug-likeness (QED) is 0.720. The maximum atomic E-state index is 12.3. The van der Waals surface area contributed by atoms with Gasteiger partial charge >= 0.3 is 0 Å². The molecule has 0 saturated heterocycles. The molecule has 1 aliphatic rings. The van der Waals surface area contributed by atoms with Gasteiger partial charge in [-0.05, 0) is 37.9 Å². The van der Waals surface area contributed by atoms with Gasteiger partial charge in [-0.1, -0.05) is 30.7 Å². The highest BCUT2D eigenvalue weighted by molar-refractivity contribution is 6.32. The number of amides is 1. The highest BCUT2D eigenvalue weighted by Gasteiger charge is 2.31. The number of nitrogens with zero attached hydrogens (tertiary/aromatic N) is 3. The van der Waals surface area contributed by atoms with Gasteiger partial charge < -0.3 is 10.6 Å². The normalized spacial score (nSPS) is 13.9.